The highest BCUT2D eigenvalue weighted by atomic mass is 14.2. The fourth-order valence-corrected chi connectivity index (χ4v) is 9.58. The summed E-state index contributed by atoms with van der Waals surface area (Å²) in [6.45, 7) is 2.22. The zero-order valence-corrected chi connectivity index (χ0v) is 34.7. The fourth-order valence-electron chi connectivity index (χ4n) is 9.58. The van der Waals surface area contributed by atoms with Crippen molar-refractivity contribution in [2.24, 2.45) is 0 Å². The molecule has 0 aliphatic rings. The van der Waals surface area contributed by atoms with Gasteiger partial charge in [0.2, 0.25) is 0 Å². The third-order valence-corrected chi connectivity index (χ3v) is 12.6. The Morgan fingerprint density at radius 3 is 1.24 bits per heavy atom. The van der Waals surface area contributed by atoms with Crippen LogP contribution in [-0.2, 0) is 6.42 Å². The molecule has 0 aromatic heterocycles. The molecule has 0 nitrogen and oxygen atoms in total. The van der Waals surface area contributed by atoms with E-state index in [-0.39, 0.29) is 0 Å². The molecule has 11 aromatic rings. The number of hydrogen-bond donors (Lipinski definition) is 0. The molecule has 0 fully saturated rings. The van der Waals surface area contributed by atoms with Crippen LogP contribution in [0, 0.1) is 0 Å². The summed E-state index contributed by atoms with van der Waals surface area (Å²) in [7, 11) is 0. The van der Waals surface area contributed by atoms with Gasteiger partial charge in [0, 0.05) is 0 Å². The SMILES string of the molecule is CCc1cccc(-c2cccc(-c3ccc4ccc(-c5c6ccccc6c(-c6ccccc6)c6ccccc56)cc4c3-c3cccc(-c4cccc(-c5ccccc5)c4)c3)c2)c1. The molecule has 0 saturated heterocycles. The molecule has 0 atom stereocenters. The largest absolute Gasteiger partial charge is 0.0622 e. The molecule has 0 N–H and O–H groups in total. The first-order valence-electron chi connectivity index (χ1n) is 21.7. The van der Waals surface area contributed by atoms with E-state index >= 15 is 0 Å². The zero-order valence-electron chi connectivity index (χ0n) is 34.7. The molecule has 0 spiro atoms. The quantitative estimate of drug-likeness (QED) is 0.135. The molecule has 292 valence electrons. The number of fused-ring (bicyclic) bond motifs is 3. The lowest BCUT2D eigenvalue weighted by Crippen LogP contribution is -1.93. The van der Waals surface area contributed by atoms with E-state index in [1.54, 1.807) is 0 Å². The zero-order chi connectivity index (χ0) is 41.4. The van der Waals surface area contributed by atoms with E-state index in [9.17, 15) is 0 Å². The second-order valence-electron chi connectivity index (χ2n) is 16.3. The molecule has 0 unspecified atom stereocenters. The van der Waals surface area contributed by atoms with Gasteiger partial charge in [0.1, 0.15) is 0 Å². The van der Waals surface area contributed by atoms with Crippen LogP contribution in [0.4, 0.5) is 0 Å². The Morgan fingerprint density at radius 2 is 0.645 bits per heavy atom. The number of rotatable bonds is 8. The van der Waals surface area contributed by atoms with Gasteiger partial charge in [-0.25, -0.2) is 0 Å². The maximum Gasteiger partial charge on any atom is -0.00261 e. The third kappa shape index (κ3) is 6.77. The van der Waals surface area contributed by atoms with Gasteiger partial charge in [-0.1, -0.05) is 219 Å². The summed E-state index contributed by atoms with van der Waals surface area (Å²) in [5.74, 6) is 0. The van der Waals surface area contributed by atoms with E-state index in [2.05, 4.69) is 244 Å². The topological polar surface area (TPSA) is 0 Å². The summed E-state index contributed by atoms with van der Waals surface area (Å²) >= 11 is 0. The highest BCUT2D eigenvalue weighted by molar-refractivity contribution is 6.22. The van der Waals surface area contributed by atoms with Crippen molar-refractivity contribution in [3.8, 4) is 77.9 Å². The van der Waals surface area contributed by atoms with Crippen LogP contribution in [0.25, 0.3) is 110 Å². The molecule has 0 radical (unpaired) electrons. The van der Waals surface area contributed by atoms with Crippen LogP contribution in [0.1, 0.15) is 12.5 Å². The van der Waals surface area contributed by atoms with Crippen LogP contribution in [0.5, 0.6) is 0 Å². The maximum atomic E-state index is 2.46. The number of hydrogen-bond acceptors (Lipinski definition) is 0. The van der Waals surface area contributed by atoms with Gasteiger partial charge < -0.3 is 0 Å². The van der Waals surface area contributed by atoms with E-state index in [1.165, 1.54) is 116 Å². The first kappa shape index (κ1) is 37.2. The lowest BCUT2D eigenvalue weighted by atomic mass is 9.84. The van der Waals surface area contributed by atoms with Gasteiger partial charge >= 0.3 is 0 Å². The molecule has 0 amide bonds. The predicted octanol–water partition coefficient (Wildman–Crippen LogP) is 17.4. The van der Waals surface area contributed by atoms with Gasteiger partial charge in [0.05, 0.1) is 0 Å². The number of benzene rings is 11. The smallest absolute Gasteiger partial charge is 0.00261 e. The van der Waals surface area contributed by atoms with Crippen molar-refractivity contribution in [1.29, 1.82) is 0 Å². The van der Waals surface area contributed by atoms with Crippen LogP contribution >= 0.6 is 0 Å². The highest BCUT2D eigenvalue weighted by Crippen LogP contribution is 2.46. The summed E-state index contributed by atoms with van der Waals surface area (Å²) in [6.07, 6.45) is 1.01. The van der Waals surface area contributed by atoms with Gasteiger partial charge in [-0.15, -0.1) is 0 Å². The minimum Gasteiger partial charge on any atom is -0.0622 e. The van der Waals surface area contributed by atoms with E-state index < -0.39 is 0 Å². The van der Waals surface area contributed by atoms with Crippen molar-refractivity contribution in [3.63, 3.8) is 0 Å². The summed E-state index contributed by atoms with van der Waals surface area (Å²) in [4.78, 5) is 0. The minimum atomic E-state index is 1.01. The highest BCUT2D eigenvalue weighted by Gasteiger charge is 2.19. The Kier molecular flexibility index (Phi) is 9.60. The van der Waals surface area contributed by atoms with Gasteiger partial charge in [-0.3, -0.25) is 0 Å². The molecular formula is C62H44. The Labute approximate surface area is 364 Å². The van der Waals surface area contributed by atoms with Gasteiger partial charge in [-0.05, 0) is 146 Å². The van der Waals surface area contributed by atoms with Crippen LogP contribution < -0.4 is 0 Å². The van der Waals surface area contributed by atoms with Crippen molar-refractivity contribution in [2.75, 3.05) is 0 Å². The van der Waals surface area contributed by atoms with Gasteiger partial charge in [-0.2, -0.15) is 0 Å². The minimum absolute atomic E-state index is 1.01. The Balaban J connectivity index is 1.16. The van der Waals surface area contributed by atoms with Gasteiger partial charge in [0.25, 0.3) is 0 Å². The van der Waals surface area contributed by atoms with Crippen LogP contribution in [0.2, 0.25) is 0 Å². The van der Waals surface area contributed by atoms with Crippen molar-refractivity contribution < 1.29 is 0 Å². The summed E-state index contributed by atoms with van der Waals surface area (Å²) in [6, 6.07) is 87.3. The van der Waals surface area contributed by atoms with Crippen molar-refractivity contribution in [1.82, 2.24) is 0 Å². The summed E-state index contributed by atoms with van der Waals surface area (Å²) in [5.41, 5.74) is 18.5. The van der Waals surface area contributed by atoms with Crippen LogP contribution in [-0.4, -0.2) is 0 Å². The maximum absolute atomic E-state index is 2.46. The molecule has 0 bridgehead atoms. The van der Waals surface area contributed by atoms with Gasteiger partial charge in [0.15, 0.2) is 0 Å². The van der Waals surface area contributed by atoms with Crippen LogP contribution in [0.15, 0.2) is 237 Å². The molecule has 0 heteroatoms. The van der Waals surface area contributed by atoms with Crippen molar-refractivity contribution >= 4 is 32.3 Å². The number of aryl methyl sites for hydroxylation is 1. The molecule has 0 aliphatic heterocycles. The Bertz CT molecular complexity index is 3370. The molecule has 62 heavy (non-hydrogen) atoms. The lowest BCUT2D eigenvalue weighted by molar-refractivity contribution is 1.14. The van der Waals surface area contributed by atoms with E-state index in [0.29, 0.717) is 0 Å². The van der Waals surface area contributed by atoms with Crippen LogP contribution in [0.3, 0.4) is 0 Å². The lowest BCUT2D eigenvalue weighted by Gasteiger charge is -2.20. The standard InChI is InChI=1S/C62H44/c1-2-42-17-13-22-46(37-42)49-25-15-27-51(39-49)54-36-35-44-33-34-53(62-57-31-11-9-29-55(57)60(45-20-7-4-8-21-45)56-30-10-12-32-58(56)62)41-59(44)61(54)52-28-16-26-50(40-52)48-24-14-23-47(38-48)43-18-5-3-6-19-43/h3-41H,2H2,1H3. The molecule has 0 heterocycles. The Hall–Kier alpha value is -7.80. The first-order chi connectivity index (χ1) is 30.7. The summed E-state index contributed by atoms with van der Waals surface area (Å²) in [5, 5.41) is 7.47. The molecular weight excluding hydrogens is 745 g/mol. The van der Waals surface area contributed by atoms with Crippen molar-refractivity contribution in [3.05, 3.63) is 242 Å². The first-order valence-corrected chi connectivity index (χ1v) is 21.7. The second-order valence-corrected chi connectivity index (χ2v) is 16.3. The third-order valence-electron chi connectivity index (χ3n) is 12.6. The normalized spacial score (nSPS) is 11.4. The fraction of sp³-hybridized carbons (Fsp3) is 0.0323. The Morgan fingerprint density at radius 1 is 0.242 bits per heavy atom. The van der Waals surface area contributed by atoms with E-state index in [4.69, 9.17) is 0 Å². The molecule has 0 saturated carbocycles. The molecule has 11 rings (SSSR count). The summed E-state index contributed by atoms with van der Waals surface area (Å²) < 4.78 is 0. The second kappa shape index (κ2) is 16.0. The predicted molar refractivity (Wildman–Crippen MR) is 266 cm³/mol. The molecule has 11 aromatic carbocycles. The average Bonchev–Trinajstić information content (AvgIpc) is 3.35. The van der Waals surface area contributed by atoms with E-state index in [1.807, 2.05) is 0 Å². The monoisotopic (exact) mass is 788 g/mol. The average molecular weight is 789 g/mol. The molecule has 0 aliphatic carbocycles. The van der Waals surface area contributed by atoms with Crippen molar-refractivity contribution in [2.45, 2.75) is 13.3 Å². The van der Waals surface area contributed by atoms with E-state index in [0.717, 1.165) is 6.42 Å².